The Hall–Kier alpha value is -3.39. The number of rotatable bonds is 9. The normalized spacial score (nSPS) is 11.8. The van der Waals surface area contributed by atoms with Gasteiger partial charge in [-0.25, -0.2) is 0 Å². The van der Waals surface area contributed by atoms with Crippen LogP contribution in [0.15, 0.2) is 47.3 Å². The van der Waals surface area contributed by atoms with Crippen LogP contribution in [0.25, 0.3) is 22.4 Å². The summed E-state index contributed by atoms with van der Waals surface area (Å²) in [6.45, 7) is 2.88. The zero-order valence-electron chi connectivity index (χ0n) is 18.3. The molecule has 2 aromatic carbocycles. The summed E-state index contributed by atoms with van der Waals surface area (Å²) in [6.07, 6.45) is 5.15. The van der Waals surface area contributed by atoms with Crippen molar-refractivity contribution >= 4 is 22.4 Å². The van der Waals surface area contributed by atoms with Crippen molar-refractivity contribution in [3.8, 4) is 28.6 Å². The fourth-order valence-corrected chi connectivity index (χ4v) is 4.19. The lowest BCUT2D eigenvalue weighted by Gasteiger charge is -2.06. The highest BCUT2D eigenvalue weighted by molar-refractivity contribution is 7.15. The fraction of sp³-hybridized carbons (Fsp3) is 0.292. The molecule has 0 saturated heterocycles. The van der Waals surface area contributed by atoms with E-state index in [2.05, 4.69) is 17.0 Å². The first-order valence-corrected chi connectivity index (χ1v) is 11.3. The summed E-state index contributed by atoms with van der Waals surface area (Å²) in [5.41, 5.74) is 1.37. The van der Waals surface area contributed by atoms with Crippen molar-refractivity contribution in [3.63, 3.8) is 0 Å². The fourth-order valence-electron chi connectivity index (χ4n) is 3.29. The lowest BCUT2D eigenvalue weighted by Crippen LogP contribution is -2.23. The third kappa shape index (κ3) is 4.60. The van der Waals surface area contributed by atoms with Crippen LogP contribution in [0, 0.1) is 0 Å². The zero-order chi connectivity index (χ0) is 22.5. The molecule has 0 spiro atoms. The van der Waals surface area contributed by atoms with E-state index < -0.39 is 0 Å². The van der Waals surface area contributed by atoms with E-state index in [1.165, 1.54) is 22.3 Å². The minimum Gasteiger partial charge on any atom is -0.497 e. The Labute approximate surface area is 189 Å². The van der Waals surface area contributed by atoms with Gasteiger partial charge in [-0.3, -0.25) is 4.79 Å². The van der Waals surface area contributed by atoms with Crippen molar-refractivity contribution in [2.75, 3.05) is 20.8 Å². The number of fused-ring (bicyclic) bond motifs is 1. The SMILES string of the molecule is CCCCCOc1ccc(-c2nc3s/c(=C\c4cc(OC)ccc4OC)c(=O)n3n2)cc1. The Morgan fingerprint density at radius 3 is 2.50 bits per heavy atom. The second-order valence-corrected chi connectivity index (χ2v) is 8.24. The lowest BCUT2D eigenvalue weighted by atomic mass is 10.2. The molecular formula is C24H25N3O4S. The quantitative estimate of drug-likeness (QED) is 0.359. The summed E-state index contributed by atoms with van der Waals surface area (Å²) in [7, 11) is 3.19. The maximum atomic E-state index is 12.9. The van der Waals surface area contributed by atoms with Gasteiger partial charge in [0.05, 0.1) is 25.4 Å². The van der Waals surface area contributed by atoms with Crippen molar-refractivity contribution in [2.45, 2.75) is 26.2 Å². The number of ether oxygens (including phenoxy) is 3. The van der Waals surface area contributed by atoms with Gasteiger partial charge in [-0.1, -0.05) is 31.1 Å². The van der Waals surface area contributed by atoms with Gasteiger partial charge in [-0.15, -0.1) is 5.10 Å². The van der Waals surface area contributed by atoms with Crippen LogP contribution in [-0.4, -0.2) is 35.4 Å². The second kappa shape index (κ2) is 9.82. The van der Waals surface area contributed by atoms with Gasteiger partial charge < -0.3 is 14.2 Å². The van der Waals surface area contributed by atoms with Crippen LogP contribution in [0.1, 0.15) is 31.7 Å². The van der Waals surface area contributed by atoms with Gasteiger partial charge in [0.25, 0.3) is 5.56 Å². The molecule has 0 fully saturated rings. The molecule has 0 radical (unpaired) electrons. The average Bonchev–Trinajstić information content (AvgIpc) is 3.36. The largest absolute Gasteiger partial charge is 0.497 e. The van der Waals surface area contributed by atoms with E-state index in [4.69, 9.17) is 14.2 Å². The molecule has 0 atom stereocenters. The summed E-state index contributed by atoms with van der Waals surface area (Å²) in [5.74, 6) is 2.67. The number of benzene rings is 2. The van der Waals surface area contributed by atoms with Crippen LogP contribution < -0.4 is 24.3 Å². The molecule has 0 aliphatic rings. The van der Waals surface area contributed by atoms with Crippen LogP contribution in [0.2, 0.25) is 0 Å². The number of hydrogen-bond donors (Lipinski definition) is 0. The average molecular weight is 452 g/mol. The van der Waals surface area contributed by atoms with Crippen LogP contribution >= 0.6 is 11.3 Å². The van der Waals surface area contributed by atoms with E-state index in [0.29, 0.717) is 33.4 Å². The molecular weight excluding hydrogens is 426 g/mol. The van der Waals surface area contributed by atoms with Crippen molar-refractivity contribution in [1.82, 2.24) is 14.6 Å². The first kappa shape index (κ1) is 21.8. The molecule has 0 aliphatic heterocycles. The van der Waals surface area contributed by atoms with Gasteiger partial charge >= 0.3 is 0 Å². The smallest absolute Gasteiger partial charge is 0.291 e. The molecule has 0 saturated carbocycles. The van der Waals surface area contributed by atoms with Crippen LogP contribution in [-0.2, 0) is 0 Å². The molecule has 7 nitrogen and oxygen atoms in total. The minimum absolute atomic E-state index is 0.218. The van der Waals surface area contributed by atoms with Gasteiger partial charge in [0.15, 0.2) is 5.82 Å². The monoisotopic (exact) mass is 451 g/mol. The van der Waals surface area contributed by atoms with Crippen molar-refractivity contribution in [1.29, 1.82) is 0 Å². The van der Waals surface area contributed by atoms with Gasteiger partial charge in [0, 0.05) is 11.1 Å². The molecule has 0 bridgehead atoms. The predicted octanol–water partition coefficient (Wildman–Crippen LogP) is 3.95. The third-order valence-electron chi connectivity index (χ3n) is 5.03. The molecule has 2 aromatic heterocycles. The predicted molar refractivity (Wildman–Crippen MR) is 126 cm³/mol. The van der Waals surface area contributed by atoms with Crippen LogP contribution in [0.5, 0.6) is 17.2 Å². The number of nitrogens with zero attached hydrogens (tertiary/aromatic N) is 3. The van der Waals surface area contributed by atoms with Gasteiger partial charge in [0.2, 0.25) is 4.96 Å². The zero-order valence-corrected chi connectivity index (χ0v) is 19.1. The molecule has 4 aromatic rings. The Bertz CT molecular complexity index is 1310. The number of methoxy groups -OCH3 is 2. The highest BCUT2D eigenvalue weighted by Crippen LogP contribution is 2.25. The van der Waals surface area contributed by atoms with Crippen molar-refractivity contribution in [2.24, 2.45) is 0 Å². The summed E-state index contributed by atoms with van der Waals surface area (Å²) in [4.78, 5) is 18.0. The summed E-state index contributed by atoms with van der Waals surface area (Å²) < 4.78 is 18.3. The molecule has 166 valence electrons. The molecule has 2 heterocycles. The Morgan fingerprint density at radius 1 is 1.03 bits per heavy atom. The topological polar surface area (TPSA) is 75.0 Å². The molecule has 0 amide bonds. The van der Waals surface area contributed by atoms with Crippen molar-refractivity contribution < 1.29 is 14.2 Å². The van der Waals surface area contributed by atoms with E-state index in [9.17, 15) is 4.79 Å². The van der Waals surface area contributed by atoms with E-state index in [1.54, 1.807) is 26.4 Å². The van der Waals surface area contributed by atoms with Crippen LogP contribution in [0.3, 0.4) is 0 Å². The first-order valence-electron chi connectivity index (χ1n) is 10.5. The highest BCUT2D eigenvalue weighted by atomic mass is 32.1. The minimum atomic E-state index is -0.218. The molecule has 0 unspecified atom stereocenters. The van der Waals surface area contributed by atoms with E-state index in [0.717, 1.165) is 29.7 Å². The first-order chi connectivity index (χ1) is 15.6. The Balaban J connectivity index is 1.60. The Kier molecular flexibility index (Phi) is 6.70. The summed E-state index contributed by atoms with van der Waals surface area (Å²) in [6, 6.07) is 13.1. The van der Waals surface area contributed by atoms with E-state index in [1.807, 2.05) is 36.4 Å². The Morgan fingerprint density at radius 2 is 1.81 bits per heavy atom. The summed E-state index contributed by atoms with van der Waals surface area (Å²) >= 11 is 1.29. The van der Waals surface area contributed by atoms with Crippen LogP contribution in [0.4, 0.5) is 0 Å². The number of thiazole rings is 1. The standard InChI is InChI=1S/C24H25N3O4S/c1-4-5-6-13-31-18-9-7-16(8-10-18)22-25-24-27(26-22)23(28)21(32-24)15-17-14-19(29-2)11-12-20(17)30-3/h7-12,14-15H,4-6,13H2,1-3H3/b21-15-. The maximum absolute atomic E-state index is 12.9. The lowest BCUT2D eigenvalue weighted by molar-refractivity contribution is 0.306. The van der Waals surface area contributed by atoms with Crippen molar-refractivity contribution in [3.05, 3.63) is 62.9 Å². The molecule has 32 heavy (non-hydrogen) atoms. The number of aromatic nitrogens is 3. The molecule has 8 heteroatoms. The highest BCUT2D eigenvalue weighted by Gasteiger charge is 2.13. The van der Waals surface area contributed by atoms with E-state index >= 15 is 0 Å². The molecule has 4 rings (SSSR count). The molecule has 0 aliphatic carbocycles. The summed E-state index contributed by atoms with van der Waals surface area (Å²) in [5, 5.41) is 4.42. The third-order valence-corrected chi connectivity index (χ3v) is 5.99. The van der Waals surface area contributed by atoms with Gasteiger partial charge in [-0.05, 0) is 55.0 Å². The number of unbranched alkanes of at least 4 members (excludes halogenated alkanes) is 2. The van der Waals surface area contributed by atoms with E-state index in [-0.39, 0.29) is 5.56 Å². The molecule has 0 N–H and O–H groups in total. The number of hydrogen-bond acceptors (Lipinski definition) is 7. The van der Waals surface area contributed by atoms with Gasteiger partial charge in [0.1, 0.15) is 17.2 Å². The second-order valence-electron chi connectivity index (χ2n) is 7.23. The van der Waals surface area contributed by atoms with Gasteiger partial charge in [-0.2, -0.15) is 9.50 Å². The maximum Gasteiger partial charge on any atom is 0.291 e.